The van der Waals surface area contributed by atoms with E-state index >= 15 is 0 Å². The van der Waals surface area contributed by atoms with Crippen molar-refractivity contribution in [2.75, 3.05) is 19.7 Å². The molecule has 1 saturated heterocycles. The molecule has 34 heavy (non-hydrogen) atoms. The van der Waals surface area contributed by atoms with Gasteiger partial charge in [0.2, 0.25) is 10.0 Å². The van der Waals surface area contributed by atoms with Gasteiger partial charge in [-0.1, -0.05) is 18.2 Å². The summed E-state index contributed by atoms with van der Waals surface area (Å²) in [6.07, 6.45) is 0.516. The zero-order valence-electron chi connectivity index (χ0n) is 19.3. The molecule has 2 unspecified atom stereocenters. The molecule has 180 valence electrons. The molecule has 1 aliphatic heterocycles. The Labute approximate surface area is 199 Å². The van der Waals surface area contributed by atoms with Gasteiger partial charge in [-0.2, -0.15) is 0 Å². The number of pyridine rings is 1. The van der Waals surface area contributed by atoms with Gasteiger partial charge < -0.3 is 14.8 Å². The summed E-state index contributed by atoms with van der Waals surface area (Å²) in [5.74, 6) is -0.335. The van der Waals surface area contributed by atoms with Crippen molar-refractivity contribution in [1.82, 2.24) is 15.0 Å². The maximum atomic E-state index is 13.0. The number of aryl methyl sites for hydroxylation is 1. The van der Waals surface area contributed by atoms with E-state index in [0.717, 1.165) is 22.2 Å². The Kier molecular flexibility index (Phi) is 7.45. The van der Waals surface area contributed by atoms with Gasteiger partial charge in [-0.3, -0.25) is 9.78 Å². The topological polar surface area (TPSA) is 107 Å². The highest BCUT2D eigenvalue weighted by molar-refractivity contribution is 7.89. The second-order valence-electron chi connectivity index (χ2n) is 8.28. The van der Waals surface area contributed by atoms with Gasteiger partial charge in [0.05, 0.1) is 22.9 Å². The molecule has 2 N–H and O–H groups in total. The lowest BCUT2D eigenvalue weighted by Gasteiger charge is -2.30. The van der Waals surface area contributed by atoms with Crippen molar-refractivity contribution >= 4 is 26.9 Å². The van der Waals surface area contributed by atoms with E-state index in [1.54, 1.807) is 19.1 Å². The number of ether oxygens (including phenoxy) is 2. The number of nitrogens with one attached hydrogen (secondary N) is 2. The second-order valence-corrected chi connectivity index (χ2v) is 9.99. The van der Waals surface area contributed by atoms with E-state index in [1.165, 1.54) is 12.1 Å². The third-order valence-corrected chi connectivity index (χ3v) is 7.34. The van der Waals surface area contributed by atoms with Gasteiger partial charge in [-0.15, -0.1) is 0 Å². The van der Waals surface area contributed by atoms with E-state index in [-0.39, 0.29) is 17.5 Å². The fourth-order valence-electron chi connectivity index (χ4n) is 4.17. The number of aromatic nitrogens is 1. The molecule has 2 heterocycles. The van der Waals surface area contributed by atoms with Gasteiger partial charge >= 0.3 is 5.97 Å². The number of carbonyl (C=O) groups excluding carboxylic acids is 1. The van der Waals surface area contributed by atoms with Crippen molar-refractivity contribution in [3.63, 3.8) is 0 Å². The third-order valence-electron chi connectivity index (χ3n) is 5.84. The summed E-state index contributed by atoms with van der Waals surface area (Å²) < 4.78 is 39.6. The SMILES string of the molecule is CCOC(=O)C1CCNCC1NS(=O)(=O)c1ccc(OCc2cc(C)nc3ccccc23)cc1. The molecule has 1 fully saturated rings. The number of carbonyl (C=O) groups is 1. The Morgan fingerprint density at radius 1 is 1.18 bits per heavy atom. The molecule has 3 aromatic rings. The predicted molar refractivity (Wildman–Crippen MR) is 129 cm³/mol. The van der Waals surface area contributed by atoms with E-state index in [9.17, 15) is 13.2 Å². The summed E-state index contributed by atoms with van der Waals surface area (Å²) in [4.78, 5) is 16.9. The minimum atomic E-state index is -3.82. The Bertz CT molecular complexity index is 1260. The van der Waals surface area contributed by atoms with Crippen LogP contribution in [0.1, 0.15) is 24.6 Å². The Balaban J connectivity index is 1.44. The molecule has 0 aliphatic carbocycles. The van der Waals surface area contributed by atoms with Gasteiger partial charge in [0, 0.05) is 29.2 Å². The van der Waals surface area contributed by atoms with Crippen molar-refractivity contribution in [1.29, 1.82) is 0 Å². The molecule has 0 radical (unpaired) electrons. The summed E-state index contributed by atoms with van der Waals surface area (Å²) in [5.41, 5.74) is 2.83. The summed E-state index contributed by atoms with van der Waals surface area (Å²) in [7, 11) is -3.82. The number of hydrogen-bond donors (Lipinski definition) is 2. The van der Waals surface area contributed by atoms with Crippen molar-refractivity contribution in [3.8, 4) is 5.75 Å². The highest BCUT2D eigenvalue weighted by Crippen LogP contribution is 2.23. The average Bonchev–Trinajstić information content (AvgIpc) is 2.83. The Morgan fingerprint density at radius 2 is 1.94 bits per heavy atom. The molecular weight excluding hydrogens is 454 g/mol. The first-order valence-corrected chi connectivity index (χ1v) is 12.8. The minimum absolute atomic E-state index is 0.109. The molecule has 8 nitrogen and oxygen atoms in total. The molecule has 0 spiro atoms. The van der Waals surface area contributed by atoms with Crippen LogP contribution in [0.5, 0.6) is 5.75 Å². The predicted octanol–water partition coefficient (Wildman–Crippen LogP) is 2.94. The van der Waals surface area contributed by atoms with Crippen LogP contribution in [0.4, 0.5) is 0 Å². The molecule has 0 amide bonds. The quantitative estimate of drug-likeness (QED) is 0.475. The van der Waals surface area contributed by atoms with Crippen LogP contribution in [0.3, 0.4) is 0 Å². The summed E-state index contributed by atoms with van der Waals surface area (Å²) in [6.45, 7) is 5.28. The average molecular weight is 484 g/mol. The molecule has 1 aromatic heterocycles. The normalized spacial score (nSPS) is 18.5. The van der Waals surface area contributed by atoms with E-state index in [0.29, 0.717) is 31.9 Å². The highest BCUT2D eigenvalue weighted by Gasteiger charge is 2.35. The number of sulfonamides is 1. The molecule has 9 heteroatoms. The maximum absolute atomic E-state index is 13.0. The lowest BCUT2D eigenvalue weighted by molar-refractivity contribution is -0.149. The van der Waals surface area contributed by atoms with Crippen LogP contribution in [0.25, 0.3) is 10.9 Å². The number of rotatable bonds is 8. The van der Waals surface area contributed by atoms with Gasteiger partial charge in [-0.05, 0) is 63.2 Å². The van der Waals surface area contributed by atoms with Gasteiger partial charge in [-0.25, -0.2) is 13.1 Å². The van der Waals surface area contributed by atoms with E-state index < -0.39 is 22.0 Å². The smallest absolute Gasteiger partial charge is 0.310 e. The van der Waals surface area contributed by atoms with Crippen LogP contribution in [0.15, 0.2) is 59.5 Å². The largest absolute Gasteiger partial charge is 0.489 e. The highest BCUT2D eigenvalue weighted by atomic mass is 32.2. The monoisotopic (exact) mass is 483 g/mol. The summed E-state index contributed by atoms with van der Waals surface area (Å²) in [5, 5.41) is 4.16. The van der Waals surface area contributed by atoms with E-state index in [2.05, 4.69) is 15.0 Å². The van der Waals surface area contributed by atoms with E-state index in [1.807, 2.05) is 37.3 Å². The Morgan fingerprint density at radius 3 is 2.71 bits per heavy atom. The first-order valence-electron chi connectivity index (χ1n) is 11.3. The number of piperidine rings is 1. The standard InChI is InChI=1S/C25H29N3O5S/c1-3-32-25(29)22-12-13-26-15-24(22)28-34(30,31)20-10-8-19(9-11-20)33-16-18-14-17(2)27-23-7-5-4-6-21(18)23/h4-11,14,22,24,26,28H,3,12-13,15-16H2,1-2H3. The molecule has 2 aromatic carbocycles. The fraction of sp³-hybridized carbons (Fsp3) is 0.360. The molecule has 0 saturated carbocycles. The van der Waals surface area contributed by atoms with Gasteiger partial charge in [0.15, 0.2) is 0 Å². The van der Waals surface area contributed by atoms with Crippen LogP contribution >= 0.6 is 0 Å². The number of benzene rings is 2. The lowest BCUT2D eigenvalue weighted by Crippen LogP contribution is -2.53. The van der Waals surface area contributed by atoms with Crippen molar-refractivity contribution in [3.05, 3.63) is 65.9 Å². The number of nitrogens with zero attached hydrogens (tertiary/aromatic N) is 1. The van der Waals surface area contributed by atoms with Gasteiger partial charge in [0.25, 0.3) is 0 Å². The zero-order valence-corrected chi connectivity index (χ0v) is 20.1. The molecule has 2 atom stereocenters. The van der Waals surface area contributed by atoms with Crippen molar-refractivity contribution < 1.29 is 22.7 Å². The lowest BCUT2D eigenvalue weighted by atomic mass is 9.94. The van der Waals surface area contributed by atoms with E-state index in [4.69, 9.17) is 9.47 Å². The maximum Gasteiger partial charge on any atom is 0.310 e. The zero-order chi connectivity index (χ0) is 24.1. The van der Waals surface area contributed by atoms with Crippen molar-refractivity contribution in [2.45, 2.75) is 37.8 Å². The third kappa shape index (κ3) is 5.55. The van der Waals surface area contributed by atoms with Crippen LogP contribution in [-0.4, -0.2) is 45.1 Å². The van der Waals surface area contributed by atoms with Crippen LogP contribution in [0.2, 0.25) is 0 Å². The van der Waals surface area contributed by atoms with Gasteiger partial charge in [0.1, 0.15) is 12.4 Å². The minimum Gasteiger partial charge on any atom is -0.489 e. The van der Waals surface area contributed by atoms with Crippen LogP contribution in [-0.2, 0) is 26.2 Å². The number of hydrogen-bond acceptors (Lipinski definition) is 7. The summed E-state index contributed by atoms with van der Waals surface area (Å²) >= 11 is 0. The van der Waals surface area contributed by atoms with Crippen molar-refractivity contribution in [2.24, 2.45) is 5.92 Å². The Hall–Kier alpha value is -3.01. The second kappa shape index (κ2) is 10.5. The molecule has 1 aliphatic rings. The van der Waals surface area contributed by atoms with Crippen LogP contribution in [0, 0.1) is 12.8 Å². The number of fused-ring (bicyclic) bond motifs is 1. The number of esters is 1. The van der Waals surface area contributed by atoms with Crippen LogP contribution < -0.4 is 14.8 Å². The first-order chi connectivity index (χ1) is 16.4. The molecular formula is C25H29N3O5S. The first kappa shape index (κ1) is 24.1. The molecule has 4 rings (SSSR count). The summed E-state index contributed by atoms with van der Waals surface area (Å²) in [6, 6.07) is 15.6. The fourth-order valence-corrected chi connectivity index (χ4v) is 5.45. The number of para-hydroxylation sites is 1. The molecule has 0 bridgehead atoms.